The standard InChI is InChI=1S/C25H30N2O5/c1-30-20-11-9-19(10-12-20)21-6-4-3-5-15-27(21)25(29)14-8-18-7-13-22(23(16-18)31-2)32-17-24(26)28/h7-14,16,21H,3-6,15,17H2,1-2H3,(H2,26,28). The number of likely N-dealkylation sites (tertiary alicyclic amines) is 1. The van der Waals surface area contributed by atoms with Gasteiger partial charge in [-0.15, -0.1) is 0 Å². The molecule has 0 radical (unpaired) electrons. The highest BCUT2D eigenvalue weighted by Gasteiger charge is 2.25. The SMILES string of the molecule is COc1ccc(C2CCCCCN2C(=O)C=Cc2ccc(OCC(N)=O)c(OC)c2)cc1. The van der Waals surface area contributed by atoms with Gasteiger partial charge >= 0.3 is 0 Å². The Morgan fingerprint density at radius 2 is 1.81 bits per heavy atom. The van der Waals surface area contributed by atoms with Crippen LogP contribution in [0.3, 0.4) is 0 Å². The second-order valence-electron chi connectivity index (χ2n) is 7.67. The van der Waals surface area contributed by atoms with Gasteiger partial charge in [-0.05, 0) is 54.3 Å². The molecule has 1 aliphatic heterocycles. The smallest absolute Gasteiger partial charge is 0.255 e. The van der Waals surface area contributed by atoms with Gasteiger partial charge in [0.25, 0.3) is 5.91 Å². The first-order valence-corrected chi connectivity index (χ1v) is 10.7. The van der Waals surface area contributed by atoms with Gasteiger partial charge in [0, 0.05) is 12.6 Å². The molecule has 0 spiro atoms. The van der Waals surface area contributed by atoms with Crippen molar-refractivity contribution in [3.8, 4) is 17.2 Å². The van der Waals surface area contributed by atoms with Crippen LogP contribution in [0, 0.1) is 0 Å². The number of benzene rings is 2. The van der Waals surface area contributed by atoms with Crippen molar-refractivity contribution in [3.05, 3.63) is 59.7 Å². The van der Waals surface area contributed by atoms with E-state index in [1.807, 2.05) is 29.2 Å². The number of nitrogens with zero attached hydrogens (tertiary/aromatic N) is 1. The van der Waals surface area contributed by atoms with Crippen molar-refractivity contribution < 1.29 is 23.8 Å². The molecule has 32 heavy (non-hydrogen) atoms. The summed E-state index contributed by atoms with van der Waals surface area (Å²) in [5, 5.41) is 0. The van der Waals surface area contributed by atoms with E-state index in [1.165, 1.54) is 7.11 Å². The number of rotatable bonds is 8. The molecule has 2 amide bonds. The Kier molecular flexibility index (Phi) is 8.14. The molecule has 1 atom stereocenters. The van der Waals surface area contributed by atoms with Gasteiger partial charge in [-0.1, -0.05) is 31.0 Å². The van der Waals surface area contributed by atoms with Crippen LogP contribution < -0.4 is 19.9 Å². The highest BCUT2D eigenvalue weighted by Crippen LogP contribution is 2.32. The lowest BCUT2D eigenvalue weighted by atomic mass is 10.0. The summed E-state index contributed by atoms with van der Waals surface area (Å²) >= 11 is 0. The van der Waals surface area contributed by atoms with E-state index in [0.29, 0.717) is 11.5 Å². The molecule has 7 heteroatoms. The van der Waals surface area contributed by atoms with E-state index in [2.05, 4.69) is 0 Å². The first-order valence-electron chi connectivity index (χ1n) is 10.7. The minimum atomic E-state index is -0.564. The van der Waals surface area contributed by atoms with Crippen molar-refractivity contribution in [2.24, 2.45) is 5.73 Å². The second kappa shape index (κ2) is 11.2. The van der Waals surface area contributed by atoms with Gasteiger partial charge < -0.3 is 24.8 Å². The Bertz CT molecular complexity index is 955. The maximum absolute atomic E-state index is 13.1. The fraction of sp³-hybridized carbons (Fsp3) is 0.360. The summed E-state index contributed by atoms with van der Waals surface area (Å²) in [6.45, 7) is 0.495. The summed E-state index contributed by atoms with van der Waals surface area (Å²) in [6.07, 6.45) is 7.50. The molecule has 2 aromatic carbocycles. The number of methoxy groups -OCH3 is 2. The number of carbonyl (C=O) groups excluding carboxylic acids is 2. The minimum absolute atomic E-state index is 0.0271. The molecular weight excluding hydrogens is 408 g/mol. The third-order valence-corrected chi connectivity index (χ3v) is 5.51. The van der Waals surface area contributed by atoms with Crippen LogP contribution in [-0.4, -0.2) is 44.1 Å². The van der Waals surface area contributed by atoms with Crippen LogP contribution in [0.4, 0.5) is 0 Å². The summed E-state index contributed by atoms with van der Waals surface area (Å²) in [6, 6.07) is 13.2. The van der Waals surface area contributed by atoms with Crippen LogP contribution in [0.5, 0.6) is 17.2 Å². The normalized spacial score (nSPS) is 16.4. The van der Waals surface area contributed by atoms with Crippen molar-refractivity contribution >= 4 is 17.9 Å². The number of ether oxygens (including phenoxy) is 3. The number of carbonyl (C=O) groups is 2. The largest absolute Gasteiger partial charge is 0.497 e. The monoisotopic (exact) mass is 438 g/mol. The Morgan fingerprint density at radius 3 is 2.50 bits per heavy atom. The van der Waals surface area contributed by atoms with E-state index in [4.69, 9.17) is 19.9 Å². The van der Waals surface area contributed by atoms with Gasteiger partial charge in [-0.3, -0.25) is 9.59 Å². The molecule has 7 nitrogen and oxygen atoms in total. The second-order valence-corrected chi connectivity index (χ2v) is 7.67. The van der Waals surface area contributed by atoms with Gasteiger partial charge in [0.1, 0.15) is 5.75 Å². The maximum Gasteiger partial charge on any atom is 0.255 e. The lowest BCUT2D eigenvalue weighted by molar-refractivity contribution is -0.128. The number of amides is 2. The van der Waals surface area contributed by atoms with Crippen molar-refractivity contribution in [2.75, 3.05) is 27.4 Å². The molecule has 0 aromatic heterocycles. The molecule has 0 bridgehead atoms. The van der Waals surface area contributed by atoms with Crippen molar-refractivity contribution in [2.45, 2.75) is 31.7 Å². The Hall–Kier alpha value is -3.48. The van der Waals surface area contributed by atoms with Gasteiger partial charge in [0.15, 0.2) is 18.1 Å². The lowest BCUT2D eigenvalue weighted by Crippen LogP contribution is -2.33. The third-order valence-electron chi connectivity index (χ3n) is 5.51. The van der Waals surface area contributed by atoms with E-state index in [0.717, 1.165) is 49.1 Å². The van der Waals surface area contributed by atoms with E-state index in [9.17, 15) is 9.59 Å². The van der Waals surface area contributed by atoms with Crippen LogP contribution in [0.2, 0.25) is 0 Å². The van der Waals surface area contributed by atoms with Gasteiger partial charge in [0.2, 0.25) is 5.91 Å². The van der Waals surface area contributed by atoms with Crippen molar-refractivity contribution in [1.29, 1.82) is 0 Å². The highest BCUT2D eigenvalue weighted by atomic mass is 16.5. The molecular formula is C25H30N2O5. The molecule has 0 saturated carbocycles. The fourth-order valence-electron chi connectivity index (χ4n) is 3.86. The van der Waals surface area contributed by atoms with Crippen LogP contribution >= 0.6 is 0 Å². The quantitative estimate of drug-likeness (QED) is 0.634. The Balaban J connectivity index is 1.76. The van der Waals surface area contributed by atoms with Crippen molar-refractivity contribution in [3.63, 3.8) is 0 Å². The van der Waals surface area contributed by atoms with E-state index < -0.39 is 5.91 Å². The summed E-state index contributed by atoms with van der Waals surface area (Å²) in [5.74, 6) is 1.09. The minimum Gasteiger partial charge on any atom is -0.497 e. The van der Waals surface area contributed by atoms with E-state index in [-0.39, 0.29) is 18.6 Å². The molecule has 0 aliphatic carbocycles. The van der Waals surface area contributed by atoms with Gasteiger partial charge in [-0.25, -0.2) is 0 Å². The van der Waals surface area contributed by atoms with Gasteiger partial charge in [-0.2, -0.15) is 0 Å². The number of nitrogens with two attached hydrogens (primary N) is 1. The van der Waals surface area contributed by atoms with Crippen LogP contribution in [0.1, 0.15) is 42.9 Å². The average Bonchev–Trinajstić information content (AvgIpc) is 3.07. The molecule has 2 aromatic rings. The van der Waals surface area contributed by atoms with Crippen LogP contribution in [0.25, 0.3) is 6.08 Å². The molecule has 2 N–H and O–H groups in total. The Labute approximate surface area is 188 Å². The number of hydrogen-bond acceptors (Lipinski definition) is 5. The van der Waals surface area contributed by atoms with E-state index >= 15 is 0 Å². The molecule has 1 fully saturated rings. The molecule has 1 aliphatic rings. The predicted octanol–water partition coefficient (Wildman–Crippen LogP) is 3.73. The molecule has 1 heterocycles. The third kappa shape index (κ3) is 6.03. The highest BCUT2D eigenvalue weighted by molar-refractivity contribution is 5.92. The zero-order valence-corrected chi connectivity index (χ0v) is 18.6. The number of hydrogen-bond donors (Lipinski definition) is 1. The topological polar surface area (TPSA) is 91.1 Å². The zero-order valence-electron chi connectivity index (χ0n) is 18.6. The first-order chi connectivity index (χ1) is 15.5. The summed E-state index contributed by atoms with van der Waals surface area (Å²) in [7, 11) is 3.16. The summed E-state index contributed by atoms with van der Waals surface area (Å²) in [4.78, 5) is 26.0. The molecule has 1 saturated heterocycles. The van der Waals surface area contributed by atoms with E-state index in [1.54, 1.807) is 37.5 Å². The van der Waals surface area contributed by atoms with Crippen LogP contribution in [-0.2, 0) is 9.59 Å². The molecule has 1 unspecified atom stereocenters. The predicted molar refractivity (Wildman–Crippen MR) is 123 cm³/mol. The van der Waals surface area contributed by atoms with Crippen LogP contribution in [0.15, 0.2) is 48.5 Å². The van der Waals surface area contributed by atoms with Gasteiger partial charge in [0.05, 0.1) is 20.3 Å². The summed E-state index contributed by atoms with van der Waals surface area (Å²) < 4.78 is 15.9. The maximum atomic E-state index is 13.1. The first kappa shape index (κ1) is 23.2. The summed E-state index contributed by atoms with van der Waals surface area (Å²) in [5.41, 5.74) is 7.04. The molecule has 3 rings (SSSR count). The number of primary amides is 1. The molecule has 170 valence electrons. The fourth-order valence-corrected chi connectivity index (χ4v) is 3.86. The zero-order chi connectivity index (χ0) is 22.9. The lowest BCUT2D eigenvalue weighted by Gasteiger charge is -2.29. The average molecular weight is 439 g/mol. The Morgan fingerprint density at radius 1 is 1.03 bits per heavy atom. The van der Waals surface area contributed by atoms with Crippen molar-refractivity contribution in [1.82, 2.24) is 4.90 Å².